The normalized spacial score (nSPS) is 10.8. The summed E-state index contributed by atoms with van der Waals surface area (Å²) in [5, 5.41) is 10.2. The first-order valence-corrected chi connectivity index (χ1v) is 7.81. The highest BCUT2D eigenvalue weighted by Crippen LogP contribution is 2.21. The van der Waals surface area contributed by atoms with Gasteiger partial charge in [-0.25, -0.2) is 0 Å². The van der Waals surface area contributed by atoms with E-state index in [2.05, 4.69) is 0 Å². The Morgan fingerprint density at radius 1 is 0.818 bits per heavy atom. The predicted molar refractivity (Wildman–Crippen MR) is 86.3 cm³/mol. The Morgan fingerprint density at radius 2 is 1.41 bits per heavy atom. The van der Waals surface area contributed by atoms with E-state index in [0.29, 0.717) is 11.4 Å². The molecule has 0 aliphatic carbocycles. The molecule has 3 aromatic rings. The highest BCUT2D eigenvalue weighted by molar-refractivity contribution is 7.85. The van der Waals surface area contributed by atoms with Crippen LogP contribution in [0, 0.1) is 0 Å². The van der Waals surface area contributed by atoms with Crippen LogP contribution in [0.1, 0.15) is 0 Å². The van der Waals surface area contributed by atoms with Gasteiger partial charge in [0.05, 0.1) is 4.90 Å². The lowest BCUT2D eigenvalue weighted by Crippen LogP contribution is -1.97. The summed E-state index contributed by atoms with van der Waals surface area (Å²) in [4.78, 5) is -0.111. The van der Waals surface area contributed by atoms with E-state index >= 15 is 0 Å². The first-order chi connectivity index (χ1) is 10.4. The van der Waals surface area contributed by atoms with E-state index in [9.17, 15) is 8.42 Å². The number of nitrogen functional groups attached to an aromatic ring is 1. The number of anilines is 1. The summed E-state index contributed by atoms with van der Waals surface area (Å²) >= 11 is 0. The van der Waals surface area contributed by atoms with Crippen LogP contribution in [-0.4, -0.2) is 18.1 Å². The second-order valence-electron chi connectivity index (χ2n) is 4.58. The number of para-hydroxylation sites is 1. The van der Waals surface area contributed by atoms with E-state index in [0.717, 1.165) is 10.8 Å². The van der Waals surface area contributed by atoms with Gasteiger partial charge in [-0.3, -0.25) is 4.55 Å². The largest absolute Gasteiger partial charge is 0.508 e. The smallest absolute Gasteiger partial charge is 0.294 e. The SMILES string of the molecule is Nc1ccc2cc(S(=O)(=O)O)ccc2c1.Oc1ccccc1. The van der Waals surface area contributed by atoms with Crippen molar-refractivity contribution in [2.45, 2.75) is 4.90 Å². The van der Waals surface area contributed by atoms with Crippen molar-refractivity contribution in [3.8, 4) is 5.75 Å². The third-order valence-corrected chi connectivity index (χ3v) is 3.74. The molecule has 5 nitrogen and oxygen atoms in total. The summed E-state index contributed by atoms with van der Waals surface area (Å²) in [6.07, 6.45) is 0. The molecule has 0 spiro atoms. The quantitative estimate of drug-likeness (QED) is 0.473. The minimum Gasteiger partial charge on any atom is -0.508 e. The number of benzene rings is 3. The fraction of sp³-hybridized carbons (Fsp3) is 0. The second-order valence-corrected chi connectivity index (χ2v) is 6.00. The predicted octanol–water partition coefficient (Wildman–Crippen LogP) is 3.06. The minimum absolute atomic E-state index is 0.111. The number of phenolic OH excluding ortho intramolecular Hbond substituents is 1. The molecule has 114 valence electrons. The highest BCUT2D eigenvalue weighted by Gasteiger charge is 2.09. The van der Waals surface area contributed by atoms with Crippen LogP contribution >= 0.6 is 0 Å². The van der Waals surface area contributed by atoms with Crippen LogP contribution in [-0.2, 0) is 10.1 Å². The van der Waals surface area contributed by atoms with Gasteiger partial charge in [0.25, 0.3) is 10.1 Å². The molecule has 0 radical (unpaired) electrons. The summed E-state index contributed by atoms with van der Waals surface area (Å²) in [6, 6.07) is 18.2. The van der Waals surface area contributed by atoms with Gasteiger partial charge < -0.3 is 10.8 Å². The van der Waals surface area contributed by atoms with Crippen molar-refractivity contribution >= 4 is 26.6 Å². The molecule has 0 fully saturated rings. The molecule has 4 N–H and O–H groups in total. The van der Waals surface area contributed by atoms with Crippen LogP contribution in [0.3, 0.4) is 0 Å². The number of rotatable bonds is 1. The van der Waals surface area contributed by atoms with Crippen LogP contribution < -0.4 is 5.73 Å². The Morgan fingerprint density at radius 3 is 1.95 bits per heavy atom. The molecule has 3 rings (SSSR count). The maximum Gasteiger partial charge on any atom is 0.294 e. The fourth-order valence-electron chi connectivity index (χ4n) is 1.83. The number of nitrogens with two attached hydrogens (primary N) is 1. The zero-order valence-electron chi connectivity index (χ0n) is 11.5. The third-order valence-electron chi connectivity index (χ3n) is 2.89. The van der Waals surface area contributed by atoms with Gasteiger partial charge in [0.15, 0.2) is 0 Å². The molecule has 0 amide bonds. The molecular formula is C16H15NO4S. The number of hydrogen-bond donors (Lipinski definition) is 3. The van der Waals surface area contributed by atoms with E-state index < -0.39 is 10.1 Å². The maximum atomic E-state index is 10.9. The maximum absolute atomic E-state index is 10.9. The molecule has 0 heterocycles. The van der Waals surface area contributed by atoms with E-state index in [1.165, 1.54) is 12.1 Å². The van der Waals surface area contributed by atoms with Gasteiger partial charge in [-0.15, -0.1) is 0 Å². The Hall–Kier alpha value is -2.57. The molecule has 0 bridgehead atoms. The number of hydrogen-bond acceptors (Lipinski definition) is 4. The average molecular weight is 317 g/mol. The first kappa shape index (κ1) is 15.8. The highest BCUT2D eigenvalue weighted by atomic mass is 32.2. The van der Waals surface area contributed by atoms with E-state index in [4.69, 9.17) is 15.4 Å². The van der Waals surface area contributed by atoms with Gasteiger partial charge in [0.1, 0.15) is 5.75 Å². The van der Waals surface area contributed by atoms with Crippen molar-refractivity contribution in [3.63, 3.8) is 0 Å². The zero-order chi connectivity index (χ0) is 16.2. The Balaban J connectivity index is 0.000000211. The zero-order valence-corrected chi connectivity index (χ0v) is 12.4. The molecule has 0 aliphatic rings. The van der Waals surface area contributed by atoms with Gasteiger partial charge in [0, 0.05) is 5.69 Å². The van der Waals surface area contributed by atoms with Gasteiger partial charge in [-0.2, -0.15) is 8.42 Å². The third kappa shape index (κ3) is 4.21. The summed E-state index contributed by atoms with van der Waals surface area (Å²) in [6.45, 7) is 0. The van der Waals surface area contributed by atoms with E-state index in [1.54, 1.807) is 48.5 Å². The van der Waals surface area contributed by atoms with Crippen LogP contribution in [0.4, 0.5) is 5.69 Å². The molecule has 0 aliphatic heterocycles. The summed E-state index contributed by atoms with van der Waals surface area (Å²) in [5.74, 6) is 0.322. The molecule has 0 saturated carbocycles. The van der Waals surface area contributed by atoms with Crippen molar-refractivity contribution in [1.29, 1.82) is 0 Å². The molecule has 6 heteroatoms. The topological polar surface area (TPSA) is 101 Å². The Labute approximate surface area is 128 Å². The minimum atomic E-state index is -4.14. The lowest BCUT2D eigenvalue weighted by Gasteiger charge is -2.01. The van der Waals surface area contributed by atoms with Gasteiger partial charge in [0.2, 0.25) is 0 Å². The molecule has 0 saturated heterocycles. The molecule has 0 unspecified atom stereocenters. The molecule has 3 aromatic carbocycles. The number of phenols is 1. The van der Waals surface area contributed by atoms with Crippen molar-refractivity contribution in [3.05, 3.63) is 66.7 Å². The Bertz CT molecular complexity index is 877. The van der Waals surface area contributed by atoms with Crippen LogP contribution in [0.15, 0.2) is 71.6 Å². The van der Waals surface area contributed by atoms with Crippen LogP contribution in [0.5, 0.6) is 5.75 Å². The van der Waals surface area contributed by atoms with Crippen molar-refractivity contribution in [2.24, 2.45) is 0 Å². The lowest BCUT2D eigenvalue weighted by atomic mass is 10.1. The van der Waals surface area contributed by atoms with Gasteiger partial charge in [-0.05, 0) is 47.2 Å². The standard InChI is InChI=1S/C10H9NO3S.C6H6O/c11-9-3-1-8-6-10(15(12,13)14)4-2-7(8)5-9;7-6-4-2-1-3-5-6/h1-6H,11H2,(H,12,13,14);1-5,7H. The number of aromatic hydroxyl groups is 1. The molecule has 0 aromatic heterocycles. The van der Waals surface area contributed by atoms with Crippen LogP contribution in [0.25, 0.3) is 10.8 Å². The summed E-state index contributed by atoms with van der Waals surface area (Å²) < 4.78 is 30.6. The van der Waals surface area contributed by atoms with Crippen molar-refractivity contribution < 1.29 is 18.1 Å². The van der Waals surface area contributed by atoms with Gasteiger partial charge >= 0.3 is 0 Å². The Kier molecular flexibility index (Phi) is 4.65. The van der Waals surface area contributed by atoms with E-state index in [-0.39, 0.29) is 4.90 Å². The molecule has 22 heavy (non-hydrogen) atoms. The number of fused-ring (bicyclic) bond motifs is 1. The molecular weight excluding hydrogens is 302 g/mol. The van der Waals surface area contributed by atoms with Gasteiger partial charge in [-0.1, -0.05) is 30.3 Å². The first-order valence-electron chi connectivity index (χ1n) is 6.37. The second kappa shape index (κ2) is 6.46. The molecule has 0 atom stereocenters. The van der Waals surface area contributed by atoms with Crippen molar-refractivity contribution in [2.75, 3.05) is 5.73 Å². The van der Waals surface area contributed by atoms with Crippen molar-refractivity contribution in [1.82, 2.24) is 0 Å². The average Bonchev–Trinajstić information content (AvgIpc) is 2.47. The van der Waals surface area contributed by atoms with E-state index in [1.807, 2.05) is 6.07 Å². The fourth-order valence-corrected chi connectivity index (χ4v) is 2.35. The lowest BCUT2D eigenvalue weighted by molar-refractivity contribution is 0.475. The summed E-state index contributed by atoms with van der Waals surface area (Å²) in [7, 11) is -4.14. The monoisotopic (exact) mass is 317 g/mol. The van der Waals surface area contributed by atoms with Crippen LogP contribution in [0.2, 0.25) is 0 Å². The summed E-state index contributed by atoms with van der Waals surface area (Å²) in [5.41, 5.74) is 6.19.